The number of unbranched alkanes of at least 4 members (excludes halogenated alkanes) is 1. The van der Waals surface area contributed by atoms with E-state index in [1.54, 1.807) is 12.1 Å². The number of rotatable bonds is 7. The summed E-state index contributed by atoms with van der Waals surface area (Å²) in [4.78, 5) is 46.2. The molecule has 0 radical (unpaired) electrons. The average Bonchev–Trinajstić information content (AvgIpc) is 2.68. The third-order valence-electron chi connectivity index (χ3n) is 3.54. The highest BCUT2D eigenvalue weighted by molar-refractivity contribution is 5.99. The summed E-state index contributed by atoms with van der Waals surface area (Å²) in [6.45, 7) is 4.36. The van der Waals surface area contributed by atoms with Crippen LogP contribution >= 0.6 is 0 Å². The number of benzene rings is 2. The molecule has 0 atom stereocenters. The summed E-state index contributed by atoms with van der Waals surface area (Å²) in [7, 11) is 0. The molecule has 2 aromatic carbocycles. The zero-order chi connectivity index (χ0) is 21.8. The molecule has 0 fully saturated rings. The molecule has 0 aromatic heterocycles. The zero-order valence-corrected chi connectivity index (χ0v) is 16.3. The molecule has 0 spiro atoms. The monoisotopic (exact) mass is 400 g/mol. The Balaban J connectivity index is 0.000000960. The first-order chi connectivity index (χ1) is 13.8. The van der Waals surface area contributed by atoms with E-state index in [0.29, 0.717) is 0 Å². The molecular formula is C21H24N2O6. The fourth-order valence-electron chi connectivity index (χ4n) is 1.95. The molecule has 4 N–H and O–H groups in total. The van der Waals surface area contributed by atoms with E-state index < -0.39 is 30.2 Å². The summed E-state index contributed by atoms with van der Waals surface area (Å²) in [5.41, 5.74) is 10.4. The Morgan fingerprint density at radius 1 is 0.690 bits per heavy atom. The van der Waals surface area contributed by atoms with Crippen LogP contribution in [0.5, 0.6) is 11.5 Å². The quantitative estimate of drug-likeness (QED) is 0.416. The fraction of sp³-hybridized carbons (Fsp3) is 0.238. The number of carbonyl (C=O) groups is 4. The van der Waals surface area contributed by atoms with Crippen molar-refractivity contribution in [2.45, 2.75) is 33.1 Å². The summed E-state index contributed by atoms with van der Waals surface area (Å²) < 4.78 is 9.92. The van der Waals surface area contributed by atoms with Crippen molar-refractivity contribution in [3.8, 4) is 11.5 Å². The highest BCUT2D eigenvalue weighted by Crippen LogP contribution is 2.19. The van der Waals surface area contributed by atoms with Gasteiger partial charge in [-0.05, 0) is 24.3 Å². The van der Waals surface area contributed by atoms with Gasteiger partial charge in [0, 0.05) is 0 Å². The minimum absolute atomic E-state index is 0.00305. The van der Waals surface area contributed by atoms with Gasteiger partial charge in [-0.1, -0.05) is 51.0 Å². The normalized spacial score (nSPS) is 9.59. The lowest BCUT2D eigenvalue weighted by atomic mass is 10.2. The molecule has 2 rings (SSSR count). The Morgan fingerprint density at radius 3 is 1.34 bits per heavy atom. The van der Waals surface area contributed by atoms with E-state index in [1.165, 1.54) is 49.2 Å². The van der Waals surface area contributed by atoms with Gasteiger partial charge in [-0.25, -0.2) is 0 Å². The van der Waals surface area contributed by atoms with E-state index >= 15 is 0 Å². The molecule has 0 bridgehead atoms. The third-order valence-corrected chi connectivity index (χ3v) is 3.54. The van der Waals surface area contributed by atoms with Crippen LogP contribution in [0.3, 0.4) is 0 Å². The maximum Gasteiger partial charge on any atom is 0.322 e. The van der Waals surface area contributed by atoms with Crippen molar-refractivity contribution >= 4 is 23.8 Å². The Bertz CT molecular complexity index is 807. The Kier molecular flexibility index (Phi) is 9.60. The van der Waals surface area contributed by atoms with Crippen LogP contribution in [0.4, 0.5) is 0 Å². The average molecular weight is 400 g/mol. The van der Waals surface area contributed by atoms with Crippen molar-refractivity contribution in [2.75, 3.05) is 0 Å². The van der Waals surface area contributed by atoms with Crippen LogP contribution in [0.15, 0.2) is 48.5 Å². The van der Waals surface area contributed by atoms with Gasteiger partial charge < -0.3 is 20.9 Å². The van der Waals surface area contributed by atoms with Gasteiger partial charge in [-0.3, -0.25) is 19.2 Å². The summed E-state index contributed by atoms with van der Waals surface area (Å²) in [5, 5.41) is 0. The van der Waals surface area contributed by atoms with Crippen molar-refractivity contribution in [3.63, 3.8) is 0 Å². The minimum atomic E-state index is -0.949. The predicted molar refractivity (Wildman–Crippen MR) is 106 cm³/mol. The molecule has 0 saturated carbocycles. The van der Waals surface area contributed by atoms with Gasteiger partial charge in [-0.2, -0.15) is 0 Å². The second-order valence-corrected chi connectivity index (χ2v) is 5.85. The van der Waals surface area contributed by atoms with Crippen molar-refractivity contribution in [3.05, 3.63) is 59.7 Å². The van der Waals surface area contributed by atoms with Gasteiger partial charge in [0.2, 0.25) is 0 Å². The summed E-state index contributed by atoms with van der Waals surface area (Å²) in [5.74, 6) is -3.58. The first-order valence-electron chi connectivity index (χ1n) is 8.99. The van der Waals surface area contributed by atoms with Crippen LogP contribution in [0.25, 0.3) is 0 Å². The van der Waals surface area contributed by atoms with Gasteiger partial charge >= 0.3 is 11.9 Å². The fourth-order valence-corrected chi connectivity index (χ4v) is 1.95. The highest BCUT2D eigenvalue weighted by Gasteiger charge is 2.19. The lowest BCUT2D eigenvalue weighted by molar-refractivity contribution is -0.144. The standard InChI is InChI=1S/C17H14N2O6.C4H10/c18-16(22)10-5-1-3-7-12(10)24-14(20)9-15(21)25-13-8-4-2-6-11(13)17(19)23;1-3-4-2/h1-8H,9H2,(H2,18,22)(H2,19,23);3-4H2,1-2H3. The SMILES string of the molecule is CCCC.NC(=O)c1ccccc1OC(=O)CC(=O)Oc1ccccc1C(N)=O. The number of nitrogens with two attached hydrogens (primary N) is 2. The van der Waals surface area contributed by atoms with E-state index in [2.05, 4.69) is 13.8 Å². The molecule has 8 nitrogen and oxygen atoms in total. The van der Waals surface area contributed by atoms with Crippen LogP contribution in [-0.4, -0.2) is 23.8 Å². The molecule has 29 heavy (non-hydrogen) atoms. The zero-order valence-electron chi connectivity index (χ0n) is 16.3. The van der Waals surface area contributed by atoms with Crippen LogP contribution in [0.2, 0.25) is 0 Å². The first-order valence-corrected chi connectivity index (χ1v) is 8.99. The Morgan fingerprint density at radius 2 is 1.03 bits per heavy atom. The minimum Gasteiger partial charge on any atom is -0.425 e. The highest BCUT2D eigenvalue weighted by atomic mass is 16.6. The van der Waals surface area contributed by atoms with Crippen LogP contribution in [-0.2, 0) is 9.59 Å². The van der Waals surface area contributed by atoms with E-state index in [9.17, 15) is 19.2 Å². The largest absolute Gasteiger partial charge is 0.425 e. The van der Waals surface area contributed by atoms with Gasteiger partial charge in [-0.15, -0.1) is 0 Å². The molecule has 0 aliphatic heterocycles. The predicted octanol–water partition coefficient (Wildman–Crippen LogP) is 2.59. The number of carbonyl (C=O) groups excluding carboxylic acids is 4. The van der Waals surface area contributed by atoms with Crippen LogP contribution < -0.4 is 20.9 Å². The maximum absolute atomic E-state index is 11.8. The number of hydrogen-bond acceptors (Lipinski definition) is 6. The lowest BCUT2D eigenvalue weighted by Crippen LogP contribution is -2.21. The van der Waals surface area contributed by atoms with Gasteiger partial charge in [0.1, 0.15) is 17.9 Å². The molecule has 2 amide bonds. The van der Waals surface area contributed by atoms with Crippen molar-refractivity contribution < 1.29 is 28.7 Å². The second-order valence-electron chi connectivity index (χ2n) is 5.85. The van der Waals surface area contributed by atoms with E-state index in [1.807, 2.05) is 0 Å². The van der Waals surface area contributed by atoms with Crippen molar-refractivity contribution in [1.29, 1.82) is 0 Å². The summed E-state index contributed by atoms with van der Waals surface area (Å²) >= 11 is 0. The number of hydrogen-bond donors (Lipinski definition) is 2. The number of esters is 2. The van der Waals surface area contributed by atoms with Crippen molar-refractivity contribution in [1.82, 2.24) is 0 Å². The molecule has 0 aliphatic rings. The summed E-state index contributed by atoms with van der Waals surface area (Å²) in [6, 6.07) is 11.7. The second kappa shape index (κ2) is 11.9. The number of ether oxygens (including phenoxy) is 2. The molecule has 0 heterocycles. The molecule has 0 unspecified atom stereocenters. The van der Waals surface area contributed by atoms with Gasteiger partial charge in [0.15, 0.2) is 0 Å². The van der Waals surface area contributed by atoms with Crippen molar-refractivity contribution in [2.24, 2.45) is 11.5 Å². The summed E-state index contributed by atoms with van der Waals surface area (Å²) in [6.07, 6.45) is 1.90. The molecule has 154 valence electrons. The van der Waals surface area contributed by atoms with E-state index in [0.717, 1.165) is 0 Å². The molecule has 0 saturated heterocycles. The maximum atomic E-state index is 11.8. The molecule has 8 heteroatoms. The van der Waals surface area contributed by atoms with Crippen LogP contribution in [0.1, 0.15) is 53.8 Å². The topological polar surface area (TPSA) is 139 Å². The molecule has 2 aromatic rings. The number of primary amides is 2. The molecule has 0 aliphatic carbocycles. The lowest BCUT2D eigenvalue weighted by Gasteiger charge is -2.09. The number of para-hydroxylation sites is 2. The molecular weight excluding hydrogens is 376 g/mol. The van der Waals surface area contributed by atoms with E-state index in [-0.39, 0.29) is 22.6 Å². The Hall–Kier alpha value is -3.68. The Labute approximate surface area is 168 Å². The first kappa shape index (κ1) is 23.4. The third kappa shape index (κ3) is 7.84. The smallest absolute Gasteiger partial charge is 0.322 e. The van der Waals surface area contributed by atoms with E-state index in [4.69, 9.17) is 20.9 Å². The van der Waals surface area contributed by atoms with Crippen LogP contribution in [0, 0.1) is 0 Å². The van der Waals surface area contributed by atoms with Gasteiger partial charge in [0.05, 0.1) is 11.1 Å². The van der Waals surface area contributed by atoms with Gasteiger partial charge in [0.25, 0.3) is 11.8 Å². The number of amides is 2.